The van der Waals surface area contributed by atoms with E-state index in [-0.39, 0.29) is 37.0 Å². The van der Waals surface area contributed by atoms with Gasteiger partial charge in [-0.3, -0.25) is 19.3 Å². The molecule has 0 N–H and O–H groups in total. The standard InChI is InChI=1S/C17H19NO5/c1-22-13-7-4-8-14(13)23-15(19)9-10-18-16(20)11-5-2-3-6-12(11)17(18)21/h2-3,5-6,13-14H,4,7-10H2,1H3. The van der Waals surface area contributed by atoms with Crippen LogP contribution in [0.2, 0.25) is 0 Å². The summed E-state index contributed by atoms with van der Waals surface area (Å²) in [7, 11) is 1.61. The van der Waals surface area contributed by atoms with Crippen molar-refractivity contribution >= 4 is 17.8 Å². The second-order valence-corrected chi connectivity index (χ2v) is 5.79. The van der Waals surface area contributed by atoms with E-state index in [4.69, 9.17) is 9.47 Å². The van der Waals surface area contributed by atoms with Crippen molar-refractivity contribution in [1.29, 1.82) is 0 Å². The quantitative estimate of drug-likeness (QED) is 0.611. The van der Waals surface area contributed by atoms with Crippen LogP contribution in [0.4, 0.5) is 0 Å². The summed E-state index contributed by atoms with van der Waals surface area (Å²) in [5, 5.41) is 0. The number of benzene rings is 1. The molecule has 23 heavy (non-hydrogen) atoms. The lowest BCUT2D eigenvalue weighted by molar-refractivity contribution is -0.154. The fourth-order valence-corrected chi connectivity index (χ4v) is 3.17. The molecule has 1 fully saturated rings. The van der Waals surface area contributed by atoms with Gasteiger partial charge in [0.25, 0.3) is 11.8 Å². The van der Waals surface area contributed by atoms with Crippen LogP contribution in [0.15, 0.2) is 24.3 Å². The lowest BCUT2D eigenvalue weighted by Gasteiger charge is -2.19. The van der Waals surface area contributed by atoms with E-state index in [2.05, 4.69) is 0 Å². The molecule has 2 aliphatic rings. The first-order valence-corrected chi connectivity index (χ1v) is 7.79. The van der Waals surface area contributed by atoms with E-state index in [1.807, 2.05) is 0 Å². The van der Waals surface area contributed by atoms with Gasteiger partial charge in [0.1, 0.15) is 6.10 Å². The Morgan fingerprint density at radius 2 is 1.74 bits per heavy atom. The number of hydrogen-bond donors (Lipinski definition) is 0. The smallest absolute Gasteiger partial charge is 0.307 e. The molecule has 1 saturated carbocycles. The maximum Gasteiger partial charge on any atom is 0.307 e. The van der Waals surface area contributed by atoms with E-state index < -0.39 is 5.97 Å². The molecule has 0 spiro atoms. The van der Waals surface area contributed by atoms with E-state index in [0.29, 0.717) is 11.1 Å². The topological polar surface area (TPSA) is 72.9 Å². The number of rotatable bonds is 5. The first kappa shape index (κ1) is 15.7. The molecule has 1 aliphatic heterocycles. The Morgan fingerprint density at radius 3 is 2.35 bits per heavy atom. The van der Waals surface area contributed by atoms with E-state index >= 15 is 0 Å². The number of esters is 1. The third-order valence-corrected chi connectivity index (χ3v) is 4.40. The van der Waals surface area contributed by atoms with Crippen molar-refractivity contribution < 1.29 is 23.9 Å². The molecule has 2 atom stereocenters. The Labute approximate surface area is 134 Å². The number of methoxy groups -OCH3 is 1. The number of carbonyl (C=O) groups is 3. The van der Waals surface area contributed by atoms with Crippen molar-refractivity contribution in [3.8, 4) is 0 Å². The summed E-state index contributed by atoms with van der Waals surface area (Å²) < 4.78 is 10.7. The number of ether oxygens (including phenoxy) is 2. The summed E-state index contributed by atoms with van der Waals surface area (Å²) >= 11 is 0. The summed E-state index contributed by atoms with van der Waals surface area (Å²) in [4.78, 5) is 37.5. The molecule has 3 rings (SSSR count). The van der Waals surface area contributed by atoms with Crippen molar-refractivity contribution in [3.05, 3.63) is 35.4 Å². The Hall–Kier alpha value is -2.21. The highest BCUT2D eigenvalue weighted by molar-refractivity contribution is 6.21. The Balaban J connectivity index is 1.56. The van der Waals surface area contributed by atoms with Gasteiger partial charge in [0.05, 0.1) is 23.7 Å². The van der Waals surface area contributed by atoms with Crippen molar-refractivity contribution in [2.75, 3.05) is 13.7 Å². The molecule has 1 aliphatic carbocycles. The maximum absolute atomic E-state index is 12.2. The SMILES string of the molecule is COC1CCCC1OC(=O)CCN1C(=O)c2ccccc2C1=O. The average Bonchev–Trinajstić information content (AvgIpc) is 3.10. The summed E-state index contributed by atoms with van der Waals surface area (Å²) in [6.07, 6.45) is 2.35. The second kappa shape index (κ2) is 6.50. The first-order valence-electron chi connectivity index (χ1n) is 7.79. The van der Waals surface area contributed by atoms with Crippen LogP contribution >= 0.6 is 0 Å². The summed E-state index contributed by atoms with van der Waals surface area (Å²) in [6.45, 7) is 0.0373. The minimum atomic E-state index is -0.407. The molecular weight excluding hydrogens is 298 g/mol. The zero-order valence-electron chi connectivity index (χ0n) is 13.0. The highest BCUT2D eigenvalue weighted by atomic mass is 16.6. The number of carbonyl (C=O) groups excluding carboxylic acids is 3. The summed E-state index contributed by atoms with van der Waals surface area (Å²) in [5.41, 5.74) is 0.780. The molecule has 2 amide bonds. The zero-order valence-corrected chi connectivity index (χ0v) is 13.0. The number of imide groups is 1. The van der Waals surface area contributed by atoms with Gasteiger partial charge in [-0.25, -0.2) is 0 Å². The largest absolute Gasteiger partial charge is 0.460 e. The van der Waals surface area contributed by atoms with Gasteiger partial charge >= 0.3 is 5.97 Å². The average molecular weight is 317 g/mol. The monoisotopic (exact) mass is 317 g/mol. The number of hydrogen-bond acceptors (Lipinski definition) is 5. The Bertz CT molecular complexity index is 607. The first-order chi connectivity index (χ1) is 11.1. The molecule has 1 heterocycles. The van der Waals surface area contributed by atoms with Gasteiger partial charge in [0.2, 0.25) is 0 Å². The highest BCUT2D eigenvalue weighted by Crippen LogP contribution is 2.25. The van der Waals surface area contributed by atoms with Gasteiger partial charge in [-0.15, -0.1) is 0 Å². The fraction of sp³-hybridized carbons (Fsp3) is 0.471. The minimum absolute atomic E-state index is 0.00158. The van der Waals surface area contributed by atoms with Crippen molar-refractivity contribution in [3.63, 3.8) is 0 Å². The van der Waals surface area contributed by atoms with Crippen molar-refractivity contribution in [1.82, 2.24) is 4.90 Å². The highest BCUT2D eigenvalue weighted by Gasteiger charge is 2.36. The van der Waals surface area contributed by atoms with Gasteiger partial charge in [0.15, 0.2) is 0 Å². The van der Waals surface area contributed by atoms with E-state index in [9.17, 15) is 14.4 Å². The van der Waals surface area contributed by atoms with Crippen LogP contribution in [0.25, 0.3) is 0 Å². The molecule has 1 aromatic carbocycles. The van der Waals surface area contributed by atoms with Crippen LogP contribution in [0, 0.1) is 0 Å². The molecule has 1 aromatic rings. The van der Waals surface area contributed by atoms with E-state index in [1.54, 1.807) is 31.4 Å². The molecule has 0 saturated heterocycles. The van der Waals surface area contributed by atoms with Crippen LogP contribution in [0.3, 0.4) is 0 Å². The van der Waals surface area contributed by atoms with Gasteiger partial charge in [0, 0.05) is 13.7 Å². The third-order valence-electron chi connectivity index (χ3n) is 4.40. The van der Waals surface area contributed by atoms with Crippen LogP contribution in [0.5, 0.6) is 0 Å². The van der Waals surface area contributed by atoms with E-state index in [0.717, 1.165) is 24.2 Å². The lowest BCUT2D eigenvalue weighted by atomic mass is 10.1. The van der Waals surface area contributed by atoms with E-state index in [1.165, 1.54) is 0 Å². The van der Waals surface area contributed by atoms with Gasteiger partial charge in [-0.05, 0) is 31.4 Å². The molecule has 2 unspecified atom stereocenters. The van der Waals surface area contributed by atoms with Crippen LogP contribution in [-0.2, 0) is 14.3 Å². The van der Waals surface area contributed by atoms with Gasteiger partial charge in [-0.2, -0.15) is 0 Å². The van der Waals surface area contributed by atoms with Crippen LogP contribution < -0.4 is 0 Å². The van der Waals surface area contributed by atoms with Crippen LogP contribution in [-0.4, -0.2) is 48.5 Å². The lowest BCUT2D eigenvalue weighted by Crippen LogP contribution is -2.33. The van der Waals surface area contributed by atoms with Crippen molar-refractivity contribution in [2.45, 2.75) is 37.9 Å². The third kappa shape index (κ3) is 2.99. The number of fused-ring (bicyclic) bond motifs is 1. The summed E-state index contributed by atoms with van der Waals surface area (Å²) in [5.74, 6) is -1.11. The Kier molecular flexibility index (Phi) is 4.43. The molecule has 0 aromatic heterocycles. The minimum Gasteiger partial charge on any atom is -0.460 e. The second-order valence-electron chi connectivity index (χ2n) is 5.79. The fourth-order valence-electron chi connectivity index (χ4n) is 3.17. The normalized spacial score (nSPS) is 23.3. The number of amides is 2. The molecule has 6 heteroatoms. The predicted molar refractivity (Wildman–Crippen MR) is 81.0 cm³/mol. The summed E-state index contributed by atoms with van der Waals surface area (Å²) in [6, 6.07) is 6.67. The van der Waals surface area contributed by atoms with Gasteiger partial charge in [-0.1, -0.05) is 12.1 Å². The van der Waals surface area contributed by atoms with Crippen molar-refractivity contribution in [2.24, 2.45) is 0 Å². The maximum atomic E-state index is 12.2. The molecule has 0 radical (unpaired) electrons. The zero-order chi connectivity index (χ0) is 16.4. The molecular formula is C17H19NO5. The van der Waals surface area contributed by atoms with Crippen LogP contribution in [0.1, 0.15) is 46.4 Å². The molecule has 6 nitrogen and oxygen atoms in total. The molecule has 122 valence electrons. The van der Waals surface area contributed by atoms with Gasteiger partial charge < -0.3 is 9.47 Å². The Morgan fingerprint density at radius 1 is 1.13 bits per heavy atom. The number of nitrogens with zero attached hydrogens (tertiary/aromatic N) is 1. The molecule has 0 bridgehead atoms. The predicted octanol–water partition coefficient (Wildman–Crippen LogP) is 1.78.